The first-order valence-corrected chi connectivity index (χ1v) is 5.64. The number of amides is 2. The van der Waals surface area contributed by atoms with Gasteiger partial charge in [0.25, 0.3) is 0 Å². The molecule has 98 valence electrons. The molecule has 4 N–H and O–H groups in total. The second-order valence-electron chi connectivity index (χ2n) is 3.36. The van der Waals surface area contributed by atoms with Gasteiger partial charge in [-0.1, -0.05) is 0 Å². The summed E-state index contributed by atoms with van der Waals surface area (Å²) in [5.41, 5.74) is 0. The lowest BCUT2D eigenvalue weighted by molar-refractivity contribution is -0.145. The van der Waals surface area contributed by atoms with E-state index in [9.17, 15) is 14.4 Å². The van der Waals surface area contributed by atoms with E-state index in [-0.39, 0.29) is 0 Å². The predicted molar refractivity (Wildman–Crippen MR) is 62.7 cm³/mol. The first kappa shape index (κ1) is 13.9. The molecule has 1 rings (SSSR count). The highest BCUT2D eigenvalue weighted by Crippen LogP contribution is 2.16. The number of carboxylic acids is 2. The average Bonchev–Trinajstić information content (AvgIpc) is 2.62. The number of carbonyl (C=O) groups excluding carboxylic acids is 1. The van der Waals surface area contributed by atoms with Gasteiger partial charge in [0.1, 0.15) is 6.04 Å². The van der Waals surface area contributed by atoms with Crippen molar-refractivity contribution >= 4 is 34.4 Å². The lowest BCUT2D eigenvalue weighted by Crippen LogP contribution is -2.44. The van der Waals surface area contributed by atoms with Crippen molar-refractivity contribution in [2.75, 3.05) is 5.32 Å². The minimum atomic E-state index is -1.48. The van der Waals surface area contributed by atoms with Crippen LogP contribution in [0.3, 0.4) is 0 Å². The fourth-order valence-electron chi connectivity index (χ4n) is 1.08. The Balaban J connectivity index is 2.56. The van der Waals surface area contributed by atoms with Crippen LogP contribution in [0.15, 0.2) is 6.20 Å². The summed E-state index contributed by atoms with van der Waals surface area (Å²) in [4.78, 5) is 37.3. The maximum Gasteiger partial charge on any atom is 0.326 e. The molecule has 8 nitrogen and oxygen atoms in total. The monoisotopic (exact) mass is 273 g/mol. The predicted octanol–water partition coefficient (Wildman–Crippen LogP) is 0.501. The molecule has 0 aliphatic carbocycles. The first-order valence-electron chi connectivity index (χ1n) is 4.83. The molecule has 0 saturated heterocycles. The van der Waals surface area contributed by atoms with Gasteiger partial charge in [0.2, 0.25) is 0 Å². The zero-order valence-corrected chi connectivity index (χ0v) is 10.2. The molecule has 0 spiro atoms. The van der Waals surface area contributed by atoms with E-state index < -0.39 is 30.4 Å². The fourth-order valence-corrected chi connectivity index (χ4v) is 1.74. The molecule has 0 aliphatic rings. The lowest BCUT2D eigenvalue weighted by atomic mass is 10.2. The Morgan fingerprint density at radius 3 is 2.56 bits per heavy atom. The number of carboxylic acid groups (broad SMARTS) is 2. The third-order valence-corrected chi connectivity index (χ3v) is 2.65. The summed E-state index contributed by atoms with van der Waals surface area (Å²) in [5, 5.41) is 21.9. The second-order valence-corrected chi connectivity index (χ2v) is 4.60. The van der Waals surface area contributed by atoms with Gasteiger partial charge in [0.15, 0.2) is 5.13 Å². The number of aryl methyl sites for hydroxylation is 1. The van der Waals surface area contributed by atoms with Gasteiger partial charge in [-0.3, -0.25) is 10.1 Å². The number of carbonyl (C=O) groups is 3. The zero-order valence-electron chi connectivity index (χ0n) is 9.34. The number of thiazole rings is 1. The number of urea groups is 1. The van der Waals surface area contributed by atoms with Gasteiger partial charge >= 0.3 is 18.0 Å². The highest BCUT2D eigenvalue weighted by molar-refractivity contribution is 7.15. The Hall–Kier alpha value is -2.16. The van der Waals surface area contributed by atoms with Crippen LogP contribution < -0.4 is 10.6 Å². The van der Waals surface area contributed by atoms with E-state index in [4.69, 9.17) is 10.2 Å². The van der Waals surface area contributed by atoms with Crippen LogP contribution in [0.2, 0.25) is 0 Å². The van der Waals surface area contributed by atoms with E-state index in [0.29, 0.717) is 5.13 Å². The SMILES string of the molecule is Cc1cnc(NC(=O)N[C@H](CC(=O)O)C(=O)O)s1. The largest absolute Gasteiger partial charge is 0.481 e. The van der Waals surface area contributed by atoms with Crippen LogP contribution in [-0.2, 0) is 9.59 Å². The van der Waals surface area contributed by atoms with Gasteiger partial charge in [0, 0.05) is 11.1 Å². The van der Waals surface area contributed by atoms with Gasteiger partial charge in [-0.15, -0.1) is 11.3 Å². The summed E-state index contributed by atoms with van der Waals surface area (Å²) in [6, 6.07) is -2.29. The molecular weight excluding hydrogens is 262 g/mol. The third kappa shape index (κ3) is 4.37. The first-order chi connectivity index (χ1) is 8.38. The zero-order chi connectivity index (χ0) is 13.7. The number of hydrogen-bond acceptors (Lipinski definition) is 5. The van der Waals surface area contributed by atoms with Crippen molar-refractivity contribution in [2.45, 2.75) is 19.4 Å². The highest BCUT2D eigenvalue weighted by Gasteiger charge is 2.23. The van der Waals surface area contributed by atoms with Crippen molar-refractivity contribution in [3.8, 4) is 0 Å². The number of rotatable bonds is 5. The minimum Gasteiger partial charge on any atom is -0.481 e. The van der Waals surface area contributed by atoms with Crippen LogP contribution in [-0.4, -0.2) is 39.2 Å². The Labute approximate surface area is 106 Å². The Morgan fingerprint density at radius 1 is 1.44 bits per heavy atom. The third-order valence-electron chi connectivity index (χ3n) is 1.82. The maximum absolute atomic E-state index is 11.4. The summed E-state index contributed by atoms with van der Waals surface area (Å²) in [7, 11) is 0. The normalized spacial score (nSPS) is 11.6. The van der Waals surface area contributed by atoms with E-state index >= 15 is 0 Å². The lowest BCUT2D eigenvalue weighted by Gasteiger charge is -2.11. The molecule has 0 aliphatic heterocycles. The Morgan fingerprint density at radius 2 is 2.11 bits per heavy atom. The van der Waals surface area contributed by atoms with Gasteiger partial charge in [0.05, 0.1) is 6.42 Å². The minimum absolute atomic E-state index is 0.310. The molecule has 18 heavy (non-hydrogen) atoms. The molecule has 0 radical (unpaired) electrons. The molecule has 0 aromatic carbocycles. The van der Waals surface area contributed by atoms with Crippen LogP contribution in [0, 0.1) is 6.92 Å². The number of aromatic nitrogens is 1. The van der Waals surface area contributed by atoms with Crippen LogP contribution in [0.4, 0.5) is 9.93 Å². The number of hydrogen-bond donors (Lipinski definition) is 4. The average molecular weight is 273 g/mol. The summed E-state index contributed by atoms with van der Waals surface area (Å²) in [6.07, 6.45) is 0.853. The number of nitrogens with one attached hydrogen (secondary N) is 2. The van der Waals surface area contributed by atoms with Crippen LogP contribution in [0.1, 0.15) is 11.3 Å². The van der Waals surface area contributed by atoms with Crippen molar-refractivity contribution in [2.24, 2.45) is 0 Å². The molecule has 1 atom stereocenters. The van der Waals surface area contributed by atoms with E-state index in [1.54, 1.807) is 13.1 Å². The molecule has 9 heteroatoms. The van der Waals surface area contributed by atoms with Crippen molar-refractivity contribution in [1.82, 2.24) is 10.3 Å². The molecular formula is C9H11N3O5S. The van der Waals surface area contributed by atoms with Crippen LogP contribution >= 0.6 is 11.3 Å². The van der Waals surface area contributed by atoms with Gasteiger partial charge in [-0.05, 0) is 6.92 Å². The van der Waals surface area contributed by atoms with E-state index in [0.717, 1.165) is 4.88 Å². The van der Waals surface area contributed by atoms with Crippen LogP contribution in [0.5, 0.6) is 0 Å². The topological polar surface area (TPSA) is 129 Å². The smallest absolute Gasteiger partial charge is 0.326 e. The number of nitrogens with zero attached hydrogens (tertiary/aromatic N) is 1. The van der Waals surface area contributed by atoms with E-state index in [1.807, 2.05) is 5.32 Å². The molecule has 0 bridgehead atoms. The highest BCUT2D eigenvalue weighted by atomic mass is 32.1. The van der Waals surface area contributed by atoms with Gasteiger partial charge < -0.3 is 15.5 Å². The van der Waals surface area contributed by atoms with Crippen LogP contribution in [0.25, 0.3) is 0 Å². The fraction of sp³-hybridized carbons (Fsp3) is 0.333. The van der Waals surface area contributed by atoms with Crippen molar-refractivity contribution < 1.29 is 24.6 Å². The molecule has 1 aromatic rings. The molecule has 2 amide bonds. The van der Waals surface area contributed by atoms with Crippen molar-refractivity contribution in [1.29, 1.82) is 0 Å². The summed E-state index contributed by atoms with van der Waals surface area (Å²) < 4.78 is 0. The van der Waals surface area contributed by atoms with E-state index in [1.165, 1.54) is 11.3 Å². The Bertz CT molecular complexity index is 473. The molecule has 0 fully saturated rings. The number of anilines is 1. The molecule has 0 unspecified atom stereocenters. The van der Waals surface area contributed by atoms with Gasteiger partial charge in [-0.25, -0.2) is 14.6 Å². The van der Waals surface area contributed by atoms with Crippen molar-refractivity contribution in [3.63, 3.8) is 0 Å². The quantitative estimate of drug-likeness (QED) is 0.618. The standard InChI is InChI=1S/C9H11N3O5S/c1-4-3-10-9(18-4)12-8(17)11-5(7(15)16)2-6(13)14/h3,5H,2H2,1H3,(H,13,14)(H,15,16)(H2,10,11,12,17)/t5-/m1/s1. The summed E-state index contributed by atoms with van der Waals surface area (Å²) >= 11 is 1.22. The number of aliphatic carboxylic acids is 2. The van der Waals surface area contributed by atoms with Gasteiger partial charge in [-0.2, -0.15) is 0 Å². The molecule has 1 aromatic heterocycles. The maximum atomic E-state index is 11.4. The summed E-state index contributed by atoms with van der Waals surface area (Å²) in [5.74, 6) is -2.73. The van der Waals surface area contributed by atoms with E-state index in [2.05, 4.69) is 10.3 Å². The molecule has 1 heterocycles. The Kier molecular flexibility index (Phi) is 4.60. The molecule has 0 saturated carbocycles. The summed E-state index contributed by atoms with van der Waals surface area (Å²) in [6.45, 7) is 1.80. The second kappa shape index (κ2) is 5.96. The van der Waals surface area contributed by atoms with Crippen molar-refractivity contribution in [3.05, 3.63) is 11.1 Å².